The molecular weight excluding hydrogens is 254 g/mol. The van der Waals surface area contributed by atoms with E-state index in [0.717, 1.165) is 30.2 Å². The maximum absolute atomic E-state index is 5.85. The summed E-state index contributed by atoms with van der Waals surface area (Å²) in [7, 11) is 1.64. The normalized spacial score (nSPS) is 10.3. The Kier molecular flexibility index (Phi) is 5.32. The van der Waals surface area contributed by atoms with Crippen molar-refractivity contribution in [3.8, 4) is 11.5 Å². The van der Waals surface area contributed by atoms with Crippen LogP contribution in [0.25, 0.3) is 0 Å². The average molecular weight is 273 g/mol. The molecule has 2 rings (SSSR count). The van der Waals surface area contributed by atoms with Crippen LogP contribution in [0, 0.1) is 0 Å². The van der Waals surface area contributed by atoms with Gasteiger partial charge in [0.25, 0.3) is 0 Å². The molecule has 1 heterocycles. The quantitative estimate of drug-likeness (QED) is 0.838. The molecule has 0 aliphatic carbocycles. The second-order valence-electron chi connectivity index (χ2n) is 4.18. The van der Waals surface area contributed by atoms with Gasteiger partial charge in [0.2, 0.25) is 0 Å². The smallest absolute Gasteiger partial charge is 0.166 e. The first-order chi connectivity index (χ1) is 9.85. The van der Waals surface area contributed by atoms with Gasteiger partial charge in [-0.1, -0.05) is 19.1 Å². The Balaban J connectivity index is 2.15. The first-order valence-corrected chi connectivity index (χ1v) is 6.60. The first kappa shape index (κ1) is 14.3. The van der Waals surface area contributed by atoms with Crippen LogP contribution in [0.3, 0.4) is 0 Å². The maximum Gasteiger partial charge on any atom is 0.166 e. The van der Waals surface area contributed by atoms with Crippen molar-refractivity contribution in [2.24, 2.45) is 0 Å². The van der Waals surface area contributed by atoms with Crippen LogP contribution >= 0.6 is 0 Å². The highest BCUT2D eigenvalue weighted by molar-refractivity contribution is 5.46. The third kappa shape index (κ3) is 3.68. The summed E-state index contributed by atoms with van der Waals surface area (Å²) < 4.78 is 11.2. The van der Waals surface area contributed by atoms with Crippen LogP contribution in [0.4, 0.5) is 0 Å². The molecule has 5 heteroatoms. The molecular formula is C15H19N3O2. The molecule has 0 spiro atoms. The molecule has 106 valence electrons. The average Bonchev–Trinajstić information content (AvgIpc) is 2.52. The summed E-state index contributed by atoms with van der Waals surface area (Å²) in [4.78, 5) is 8.30. The lowest BCUT2D eigenvalue weighted by Gasteiger charge is -2.14. The Labute approximate surface area is 119 Å². The summed E-state index contributed by atoms with van der Waals surface area (Å²) in [5.74, 6) is 2.10. The van der Waals surface area contributed by atoms with E-state index in [1.807, 2.05) is 18.2 Å². The Hall–Kier alpha value is -2.14. The van der Waals surface area contributed by atoms with Gasteiger partial charge in [-0.05, 0) is 18.7 Å². The summed E-state index contributed by atoms with van der Waals surface area (Å²) >= 11 is 0. The fourth-order valence-electron chi connectivity index (χ4n) is 1.83. The van der Waals surface area contributed by atoms with Gasteiger partial charge < -0.3 is 14.8 Å². The van der Waals surface area contributed by atoms with E-state index in [0.29, 0.717) is 12.4 Å². The largest absolute Gasteiger partial charge is 0.493 e. The third-order valence-corrected chi connectivity index (χ3v) is 2.81. The molecule has 0 saturated heterocycles. The Morgan fingerprint density at radius 3 is 2.65 bits per heavy atom. The zero-order valence-electron chi connectivity index (χ0n) is 11.8. The third-order valence-electron chi connectivity index (χ3n) is 2.81. The van der Waals surface area contributed by atoms with Gasteiger partial charge in [-0.25, -0.2) is 9.97 Å². The number of para-hydroxylation sites is 1. The molecule has 0 aliphatic rings. The molecule has 1 aromatic heterocycles. The Bertz CT molecular complexity index is 532. The topological polar surface area (TPSA) is 56.3 Å². The number of rotatable bonds is 7. The number of hydrogen-bond acceptors (Lipinski definition) is 5. The van der Waals surface area contributed by atoms with Crippen LogP contribution in [0.2, 0.25) is 0 Å². The SMILES string of the molecule is CCNCc1cccc(OC)c1OCc1ncccn1. The number of methoxy groups -OCH3 is 1. The van der Waals surface area contributed by atoms with Crippen molar-refractivity contribution < 1.29 is 9.47 Å². The van der Waals surface area contributed by atoms with Crippen molar-refractivity contribution in [3.63, 3.8) is 0 Å². The van der Waals surface area contributed by atoms with Crippen molar-refractivity contribution in [1.82, 2.24) is 15.3 Å². The zero-order chi connectivity index (χ0) is 14.2. The van der Waals surface area contributed by atoms with Crippen LogP contribution < -0.4 is 14.8 Å². The number of nitrogens with zero attached hydrogens (tertiary/aromatic N) is 2. The molecule has 1 N–H and O–H groups in total. The summed E-state index contributed by atoms with van der Waals surface area (Å²) in [6.45, 7) is 4.02. The van der Waals surface area contributed by atoms with Crippen LogP contribution in [0.5, 0.6) is 11.5 Å². The van der Waals surface area contributed by atoms with Gasteiger partial charge in [0.05, 0.1) is 7.11 Å². The molecule has 0 atom stereocenters. The van der Waals surface area contributed by atoms with E-state index in [2.05, 4.69) is 22.2 Å². The second-order valence-corrected chi connectivity index (χ2v) is 4.18. The Morgan fingerprint density at radius 1 is 1.15 bits per heavy atom. The van der Waals surface area contributed by atoms with Crippen LogP contribution in [-0.2, 0) is 13.2 Å². The molecule has 0 fully saturated rings. The van der Waals surface area contributed by atoms with Gasteiger partial charge in [-0.3, -0.25) is 0 Å². The highest BCUT2D eigenvalue weighted by Gasteiger charge is 2.11. The van der Waals surface area contributed by atoms with Gasteiger partial charge in [-0.15, -0.1) is 0 Å². The molecule has 20 heavy (non-hydrogen) atoms. The molecule has 0 amide bonds. The van der Waals surface area contributed by atoms with E-state index in [4.69, 9.17) is 9.47 Å². The lowest BCUT2D eigenvalue weighted by Crippen LogP contribution is -2.13. The number of nitrogens with one attached hydrogen (secondary N) is 1. The maximum atomic E-state index is 5.85. The van der Waals surface area contributed by atoms with Crippen LogP contribution in [0.15, 0.2) is 36.7 Å². The van der Waals surface area contributed by atoms with Crippen molar-refractivity contribution in [2.75, 3.05) is 13.7 Å². The van der Waals surface area contributed by atoms with E-state index in [9.17, 15) is 0 Å². The van der Waals surface area contributed by atoms with Crippen molar-refractivity contribution in [3.05, 3.63) is 48.0 Å². The molecule has 0 aliphatic heterocycles. The lowest BCUT2D eigenvalue weighted by atomic mass is 10.2. The molecule has 2 aromatic rings. The minimum atomic E-state index is 0.320. The molecule has 0 bridgehead atoms. The first-order valence-electron chi connectivity index (χ1n) is 6.60. The van der Waals surface area contributed by atoms with Gasteiger partial charge in [0.15, 0.2) is 17.3 Å². The molecule has 5 nitrogen and oxygen atoms in total. The van der Waals surface area contributed by atoms with E-state index >= 15 is 0 Å². The van der Waals surface area contributed by atoms with Crippen LogP contribution in [0.1, 0.15) is 18.3 Å². The summed E-state index contributed by atoms with van der Waals surface area (Å²) in [6.07, 6.45) is 3.40. The van der Waals surface area contributed by atoms with E-state index in [-0.39, 0.29) is 0 Å². The second kappa shape index (κ2) is 7.45. The van der Waals surface area contributed by atoms with Gasteiger partial charge in [0.1, 0.15) is 6.61 Å². The minimum absolute atomic E-state index is 0.320. The van der Waals surface area contributed by atoms with Crippen molar-refractivity contribution in [2.45, 2.75) is 20.1 Å². The van der Waals surface area contributed by atoms with E-state index in [1.54, 1.807) is 25.6 Å². The summed E-state index contributed by atoms with van der Waals surface area (Å²) in [6, 6.07) is 7.64. The predicted octanol–water partition coefficient (Wildman–Crippen LogP) is 2.17. The molecule has 1 aromatic carbocycles. The summed E-state index contributed by atoms with van der Waals surface area (Å²) in [5, 5.41) is 3.29. The van der Waals surface area contributed by atoms with Gasteiger partial charge in [0, 0.05) is 24.5 Å². The highest BCUT2D eigenvalue weighted by atomic mass is 16.5. The molecule has 0 unspecified atom stereocenters. The van der Waals surface area contributed by atoms with Crippen molar-refractivity contribution >= 4 is 0 Å². The minimum Gasteiger partial charge on any atom is -0.493 e. The monoisotopic (exact) mass is 273 g/mol. The molecule has 0 saturated carbocycles. The van der Waals surface area contributed by atoms with Gasteiger partial charge in [-0.2, -0.15) is 0 Å². The summed E-state index contributed by atoms with van der Waals surface area (Å²) in [5.41, 5.74) is 1.06. The van der Waals surface area contributed by atoms with Crippen LogP contribution in [-0.4, -0.2) is 23.6 Å². The van der Waals surface area contributed by atoms with Crippen molar-refractivity contribution in [1.29, 1.82) is 0 Å². The van der Waals surface area contributed by atoms with Gasteiger partial charge >= 0.3 is 0 Å². The fraction of sp³-hybridized carbons (Fsp3) is 0.333. The zero-order valence-corrected chi connectivity index (χ0v) is 11.8. The number of ether oxygens (including phenoxy) is 2. The predicted molar refractivity (Wildman–Crippen MR) is 76.7 cm³/mol. The number of aromatic nitrogens is 2. The number of benzene rings is 1. The van der Waals surface area contributed by atoms with E-state index < -0.39 is 0 Å². The lowest BCUT2D eigenvalue weighted by molar-refractivity contribution is 0.272. The fourth-order valence-corrected chi connectivity index (χ4v) is 1.83. The molecule has 0 radical (unpaired) electrons. The number of hydrogen-bond donors (Lipinski definition) is 1. The van der Waals surface area contributed by atoms with E-state index in [1.165, 1.54) is 0 Å². The standard InChI is InChI=1S/C15H19N3O2/c1-3-16-10-12-6-4-7-13(19-2)15(12)20-11-14-17-8-5-9-18-14/h4-9,16H,3,10-11H2,1-2H3. The highest BCUT2D eigenvalue weighted by Crippen LogP contribution is 2.31. The Morgan fingerprint density at radius 2 is 1.95 bits per heavy atom.